The topological polar surface area (TPSA) is 24.9 Å². The zero-order chi connectivity index (χ0) is 14.4. The molecule has 0 saturated carbocycles. The van der Waals surface area contributed by atoms with E-state index in [9.17, 15) is 0 Å². The van der Waals surface area contributed by atoms with Crippen molar-refractivity contribution in [2.75, 3.05) is 6.54 Å². The Hall–Kier alpha value is -1.19. The highest BCUT2D eigenvalue weighted by Gasteiger charge is 2.15. The zero-order valence-electron chi connectivity index (χ0n) is 12.6. The molecule has 0 spiro atoms. The lowest BCUT2D eigenvalue weighted by Crippen LogP contribution is -2.22. The lowest BCUT2D eigenvalue weighted by molar-refractivity contribution is 0.602. The third kappa shape index (κ3) is 4.15. The van der Waals surface area contributed by atoms with Gasteiger partial charge in [-0.25, -0.2) is 0 Å². The fourth-order valence-electron chi connectivity index (χ4n) is 2.41. The summed E-state index contributed by atoms with van der Waals surface area (Å²) >= 11 is 1.72. The van der Waals surface area contributed by atoms with Crippen molar-refractivity contribution in [1.82, 2.24) is 10.3 Å². The van der Waals surface area contributed by atoms with E-state index in [1.165, 1.54) is 16.0 Å². The van der Waals surface area contributed by atoms with Gasteiger partial charge in [0.15, 0.2) is 0 Å². The summed E-state index contributed by atoms with van der Waals surface area (Å²) in [5.41, 5.74) is 4.68. The lowest BCUT2D eigenvalue weighted by Gasteiger charge is -2.18. The molecule has 0 aliphatic heterocycles. The Balaban J connectivity index is 2.24. The van der Waals surface area contributed by atoms with Gasteiger partial charge in [-0.1, -0.05) is 45.0 Å². The van der Waals surface area contributed by atoms with Gasteiger partial charge in [0.05, 0.1) is 11.6 Å². The predicted octanol–water partition coefficient (Wildman–Crippen LogP) is 4.43. The Bertz CT molecular complexity index is 505. The number of benzene rings is 1. The number of nitrogens with zero attached hydrogens (tertiary/aromatic N) is 1. The molecule has 1 aromatic carbocycles. The summed E-state index contributed by atoms with van der Waals surface area (Å²) in [6.07, 6.45) is 4.26. The summed E-state index contributed by atoms with van der Waals surface area (Å²) in [6, 6.07) is 9.24. The number of hydrogen-bond acceptors (Lipinski definition) is 3. The maximum atomic E-state index is 4.23. The fraction of sp³-hybridized carbons (Fsp3) is 0.471. The van der Waals surface area contributed by atoms with Crippen molar-refractivity contribution >= 4 is 11.3 Å². The van der Waals surface area contributed by atoms with Crippen LogP contribution in [0, 0.1) is 5.92 Å². The van der Waals surface area contributed by atoms with E-state index in [2.05, 4.69) is 55.3 Å². The second kappa shape index (κ2) is 7.55. The number of aromatic nitrogens is 1. The maximum Gasteiger partial charge on any atom is 0.0794 e. The minimum absolute atomic E-state index is 0.273. The van der Waals surface area contributed by atoms with Crippen molar-refractivity contribution in [1.29, 1.82) is 0 Å². The number of thiazole rings is 1. The van der Waals surface area contributed by atoms with E-state index < -0.39 is 0 Å². The lowest BCUT2D eigenvalue weighted by atomic mass is 9.97. The average molecular weight is 288 g/mol. The summed E-state index contributed by atoms with van der Waals surface area (Å²) < 4.78 is 0. The molecular weight excluding hydrogens is 264 g/mol. The molecule has 1 aromatic heterocycles. The normalized spacial score (nSPS) is 12.8. The zero-order valence-corrected chi connectivity index (χ0v) is 13.4. The smallest absolute Gasteiger partial charge is 0.0794 e. The first-order valence-corrected chi connectivity index (χ1v) is 8.29. The van der Waals surface area contributed by atoms with Crippen molar-refractivity contribution in [2.45, 2.75) is 39.7 Å². The van der Waals surface area contributed by atoms with E-state index in [4.69, 9.17) is 0 Å². The SMILES string of the molecule is CCCNC(c1cccc(CC(C)C)c1)c1cncs1. The molecule has 2 rings (SSSR count). The molecule has 1 atom stereocenters. The molecule has 0 bridgehead atoms. The van der Waals surface area contributed by atoms with Gasteiger partial charge in [-0.3, -0.25) is 4.98 Å². The Morgan fingerprint density at radius 3 is 2.80 bits per heavy atom. The summed E-state index contributed by atoms with van der Waals surface area (Å²) in [6.45, 7) is 7.76. The summed E-state index contributed by atoms with van der Waals surface area (Å²) in [4.78, 5) is 5.52. The van der Waals surface area contributed by atoms with Gasteiger partial charge in [0.2, 0.25) is 0 Å². The van der Waals surface area contributed by atoms with Crippen LogP contribution in [0.2, 0.25) is 0 Å². The van der Waals surface area contributed by atoms with Crippen LogP contribution in [0.3, 0.4) is 0 Å². The number of rotatable bonds is 7. The van der Waals surface area contributed by atoms with Crippen molar-refractivity contribution in [3.63, 3.8) is 0 Å². The number of nitrogens with one attached hydrogen (secondary N) is 1. The molecule has 0 radical (unpaired) electrons. The van der Waals surface area contributed by atoms with Gasteiger partial charge in [0.25, 0.3) is 0 Å². The highest BCUT2D eigenvalue weighted by molar-refractivity contribution is 7.09. The van der Waals surface area contributed by atoms with Gasteiger partial charge in [0.1, 0.15) is 0 Å². The second-order valence-electron chi connectivity index (χ2n) is 5.63. The standard InChI is InChI=1S/C17H24N2S/c1-4-8-19-17(16-11-18-12-20-16)15-7-5-6-14(10-15)9-13(2)3/h5-7,10-13,17,19H,4,8-9H2,1-3H3. The van der Waals surface area contributed by atoms with Crippen LogP contribution in [-0.4, -0.2) is 11.5 Å². The van der Waals surface area contributed by atoms with Gasteiger partial charge in [-0.05, 0) is 36.4 Å². The molecule has 0 fully saturated rings. The molecule has 2 aromatic rings. The molecule has 0 saturated heterocycles. The minimum atomic E-state index is 0.273. The van der Waals surface area contributed by atoms with Crippen molar-refractivity contribution in [2.24, 2.45) is 5.92 Å². The van der Waals surface area contributed by atoms with Gasteiger partial charge in [-0.2, -0.15) is 0 Å². The van der Waals surface area contributed by atoms with Crippen LogP contribution >= 0.6 is 11.3 Å². The molecule has 20 heavy (non-hydrogen) atoms. The summed E-state index contributed by atoms with van der Waals surface area (Å²) in [7, 11) is 0. The Morgan fingerprint density at radius 2 is 2.15 bits per heavy atom. The number of hydrogen-bond donors (Lipinski definition) is 1. The first-order chi connectivity index (χ1) is 9.70. The molecule has 108 valence electrons. The van der Waals surface area contributed by atoms with Crippen LogP contribution in [0.1, 0.15) is 49.2 Å². The fourth-order valence-corrected chi connectivity index (χ4v) is 3.13. The van der Waals surface area contributed by atoms with Crippen LogP contribution in [0.5, 0.6) is 0 Å². The average Bonchev–Trinajstić information content (AvgIpc) is 2.93. The van der Waals surface area contributed by atoms with Crippen LogP contribution in [0.15, 0.2) is 36.0 Å². The molecule has 0 aliphatic carbocycles. The molecular formula is C17H24N2S. The van der Waals surface area contributed by atoms with Crippen molar-refractivity contribution < 1.29 is 0 Å². The van der Waals surface area contributed by atoms with E-state index in [1.807, 2.05) is 11.7 Å². The molecule has 3 heteroatoms. The molecule has 1 unspecified atom stereocenters. The van der Waals surface area contributed by atoms with Crippen LogP contribution in [0.25, 0.3) is 0 Å². The largest absolute Gasteiger partial charge is 0.306 e. The third-order valence-electron chi connectivity index (χ3n) is 3.26. The van der Waals surface area contributed by atoms with Crippen LogP contribution < -0.4 is 5.32 Å². The highest BCUT2D eigenvalue weighted by Crippen LogP contribution is 2.26. The van der Waals surface area contributed by atoms with Crippen molar-refractivity contribution in [3.05, 3.63) is 52.0 Å². The van der Waals surface area contributed by atoms with Crippen molar-refractivity contribution in [3.8, 4) is 0 Å². The van der Waals surface area contributed by atoms with Gasteiger partial charge in [0, 0.05) is 11.1 Å². The first-order valence-electron chi connectivity index (χ1n) is 7.41. The molecule has 1 N–H and O–H groups in total. The second-order valence-corrected chi connectivity index (χ2v) is 6.55. The van der Waals surface area contributed by atoms with Gasteiger partial charge < -0.3 is 5.32 Å². The first kappa shape index (κ1) is 15.2. The van der Waals surface area contributed by atoms with E-state index in [0.29, 0.717) is 5.92 Å². The Morgan fingerprint density at radius 1 is 1.30 bits per heavy atom. The molecule has 2 nitrogen and oxygen atoms in total. The van der Waals surface area contributed by atoms with E-state index in [1.54, 1.807) is 11.3 Å². The highest BCUT2D eigenvalue weighted by atomic mass is 32.1. The van der Waals surface area contributed by atoms with E-state index in [-0.39, 0.29) is 6.04 Å². The molecule has 0 aliphatic rings. The predicted molar refractivity (Wildman–Crippen MR) is 87.2 cm³/mol. The third-order valence-corrected chi connectivity index (χ3v) is 4.10. The monoisotopic (exact) mass is 288 g/mol. The quantitative estimate of drug-likeness (QED) is 0.815. The summed E-state index contributed by atoms with van der Waals surface area (Å²) in [5.74, 6) is 0.690. The Labute approximate surface area is 126 Å². The van der Waals surface area contributed by atoms with Gasteiger partial charge >= 0.3 is 0 Å². The maximum absolute atomic E-state index is 4.23. The Kier molecular flexibility index (Phi) is 5.74. The van der Waals surface area contributed by atoms with E-state index in [0.717, 1.165) is 19.4 Å². The van der Waals surface area contributed by atoms with Gasteiger partial charge in [-0.15, -0.1) is 11.3 Å². The van der Waals surface area contributed by atoms with Crippen LogP contribution in [-0.2, 0) is 6.42 Å². The molecule has 0 amide bonds. The summed E-state index contributed by atoms with van der Waals surface area (Å²) in [5, 5.41) is 3.64. The minimum Gasteiger partial charge on any atom is -0.306 e. The molecule has 1 heterocycles. The van der Waals surface area contributed by atoms with Crippen LogP contribution in [0.4, 0.5) is 0 Å². The van der Waals surface area contributed by atoms with E-state index >= 15 is 0 Å².